The van der Waals surface area contributed by atoms with Crippen molar-refractivity contribution in [3.63, 3.8) is 0 Å². The molecule has 4 aromatic heterocycles. The van der Waals surface area contributed by atoms with Crippen LogP contribution >= 0.6 is 68.5 Å². The van der Waals surface area contributed by atoms with Crippen LogP contribution in [0.2, 0.25) is 0 Å². The molecule has 0 bridgehead atoms. The Bertz CT molecular complexity index is 3490. The maximum Gasteiger partial charge on any atom is 1.00 e. The largest absolute Gasteiger partial charge is 1.00 e. The van der Waals surface area contributed by atoms with Crippen LogP contribution in [0.1, 0.15) is 53.0 Å². The third kappa shape index (κ3) is 32.3. The number of ether oxygens (including phenoxy) is 2. The van der Waals surface area contributed by atoms with Gasteiger partial charge in [0.15, 0.2) is 35.4 Å². The van der Waals surface area contributed by atoms with Crippen LogP contribution in [0.4, 0.5) is 11.6 Å². The summed E-state index contributed by atoms with van der Waals surface area (Å²) in [4.78, 5) is 166. The van der Waals surface area contributed by atoms with Crippen molar-refractivity contribution in [1.29, 1.82) is 0 Å². The zero-order valence-corrected chi connectivity index (χ0v) is 75.1. The Labute approximate surface area is 719 Å². The molecule has 0 spiro atoms. The van der Waals surface area contributed by atoms with E-state index in [-0.39, 0.29) is 250 Å². The third-order valence-electron chi connectivity index (χ3n) is 13.2. The molecule has 4 aromatic rings. The molecule has 0 saturated carbocycles. The second-order valence-electron chi connectivity index (χ2n) is 21.7. The fourth-order valence-corrected chi connectivity index (χ4v) is 15.7. The second-order valence-corrected chi connectivity index (χ2v) is 32.6. The van der Waals surface area contributed by atoms with Gasteiger partial charge in [0, 0.05) is 61.4 Å². The summed E-state index contributed by atoms with van der Waals surface area (Å²) >= 11 is 0. The number of hydrogen-bond donors (Lipinski definition) is 12. The number of amides is 4. The van der Waals surface area contributed by atoms with Crippen molar-refractivity contribution in [3.8, 4) is 0 Å². The van der Waals surface area contributed by atoms with Crippen molar-refractivity contribution >= 4 is 126 Å². The van der Waals surface area contributed by atoms with E-state index in [9.17, 15) is 106 Å². The number of carbonyl (C=O) groups excluding carboxylic acids is 4. The van der Waals surface area contributed by atoms with Gasteiger partial charge in [0.05, 0.1) is 39.1 Å². The number of imidazole rings is 2. The second kappa shape index (κ2) is 45.0. The number of phosphoric acid groups is 6. The van der Waals surface area contributed by atoms with E-state index in [1.165, 1.54) is 21.6 Å². The first-order chi connectivity index (χ1) is 44.4. The topological polar surface area (TPSA) is 710 Å². The fourth-order valence-electron chi connectivity index (χ4n) is 8.43. The van der Waals surface area contributed by atoms with Crippen molar-refractivity contribution < 1.29 is 329 Å². The number of carbonyl (C=O) groups is 4. The molecule has 2 aliphatic heterocycles. The summed E-state index contributed by atoms with van der Waals surface area (Å²) in [6.07, 6.45) is -15.6. The molecule has 60 heteroatoms. The molecule has 14 N–H and O–H groups in total. The molecule has 0 radical (unpaired) electrons. The number of fused-ring (bicyclic) bond motifs is 2. The van der Waals surface area contributed by atoms with Gasteiger partial charge in [-0.15, -0.1) is 0 Å². The van der Waals surface area contributed by atoms with E-state index in [2.05, 4.69) is 86.9 Å². The zero-order valence-electron chi connectivity index (χ0n) is 56.1. The standard InChI is InChI=1S/C42H70N14O32P6S2.6Na/c1-41(2,15-81-93(75,76)87-91(71,72)79-13-21-29(85-89(65,66)67)27(59)39(83-21)55-19-53-25-33(43)49-17-51-35(25)55)31(61)37(63)47-7-5-23(57)45-9-11-95-96-12-10-46-24(58)6-8-48-38(64)32(62)42(3,4)16-82-94(77,78)88-92(73,74)80-14-22-30(86-90(68,69)70)28(60)40(84-22)56-20-54-26-34(44)50-18-52-36(26)56;;;;;;/h17-22,27-32,39-40,59-62H,5-16H2,1-4H3,(H,45,57)(H,46,58)(H,47,63)(H,48,64)(H,71,72)(H,73,74)(H,75,76)(H,77,78)(H2,43,49,51)(H2,44,50,52)(H2,65,66,67)(H2,68,69,70);;;;;;/q;6*+1/p-6. The smallest absolute Gasteiger partial charge is 0.756 e. The van der Waals surface area contributed by atoms with Crippen molar-refractivity contribution in [3.05, 3.63) is 25.3 Å². The molecule has 0 aromatic carbocycles. The Morgan fingerprint density at radius 3 is 1.20 bits per heavy atom. The number of nitrogens with zero attached hydrogens (tertiary/aromatic N) is 8. The molecule has 6 rings (SSSR count). The Hall–Kier alpha value is 1.78. The summed E-state index contributed by atoms with van der Waals surface area (Å²) in [5.41, 5.74) is 7.94. The first-order valence-corrected chi connectivity index (χ1v) is 38.6. The number of nitrogen functional groups attached to an aromatic ring is 2. The number of phosphoric ester groups is 6. The van der Waals surface area contributed by atoms with Gasteiger partial charge in [-0.05, 0) is 0 Å². The molecule has 2 fully saturated rings. The van der Waals surface area contributed by atoms with Crippen LogP contribution in [-0.2, 0) is 91.8 Å². The summed E-state index contributed by atoms with van der Waals surface area (Å²) < 4.78 is 122. The SMILES string of the molecule is CC(C)(COP(=O)([O-])OP(=O)([O-])OCC1OC(n2cnc3c(N)ncnc32)C(O)C1OP(=O)([O-])O)C(O)C(=O)NCCC(=O)NCCSSCCNC(=O)CCNC(=O)C(O)C(C)(C)COP(=O)([O-])OP(=O)([O-])OCC1OC(n2cnc3c(N)ncnc32)C(O)C1OP(=O)([O-])O.[Na+].[Na+].[Na+].[Na+].[Na+].[Na+]. The van der Waals surface area contributed by atoms with Crippen LogP contribution in [0.5, 0.6) is 0 Å². The van der Waals surface area contributed by atoms with Crippen molar-refractivity contribution in [2.45, 2.75) is 102 Å². The predicted molar refractivity (Wildman–Crippen MR) is 311 cm³/mol. The molecule has 16 atom stereocenters. The number of hydrogen-bond acceptors (Lipinski definition) is 40. The van der Waals surface area contributed by atoms with Gasteiger partial charge in [0.2, 0.25) is 23.6 Å². The number of nitrogens with one attached hydrogen (secondary N) is 4. The Morgan fingerprint density at radius 1 is 0.549 bits per heavy atom. The van der Waals surface area contributed by atoms with E-state index in [0.717, 1.165) is 62.1 Å². The van der Waals surface area contributed by atoms with Crippen molar-refractivity contribution in [2.24, 2.45) is 10.8 Å². The minimum atomic E-state index is -5.98. The average Bonchev–Trinajstić information content (AvgIpc) is 1.62. The van der Waals surface area contributed by atoms with Gasteiger partial charge in [-0.1, -0.05) is 49.3 Å². The molecule has 542 valence electrons. The molecule has 4 amide bonds. The van der Waals surface area contributed by atoms with E-state index in [0.29, 0.717) is 11.5 Å². The van der Waals surface area contributed by atoms with Crippen LogP contribution in [0.15, 0.2) is 25.3 Å². The maximum absolute atomic E-state index is 12.7. The number of nitrogens with two attached hydrogens (primary N) is 2. The number of aliphatic hydroxyl groups is 4. The van der Waals surface area contributed by atoms with E-state index in [1.807, 2.05) is 0 Å². The number of anilines is 2. The van der Waals surface area contributed by atoms with Gasteiger partial charge in [-0.25, -0.2) is 38.5 Å². The summed E-state index contributed by atoms with van der Waals surface area (Å²) in [5.74, 6) is -2.66. The molecule has 2 saturated heterocycles. The Balaban J connectivity index is 0.0000170. The summed E-state index contributed by atoms with van der Waals surface area (Å²) in [5, 5.41) is 52.9. The average molecular weight is 1660 g/mol. The number of rotatable bonds is 39. The van der Waals surface area contributed by atoms with Gasteiger partial charge >= 0.3 is 177 Å². The van der Waals surface area contributed by atoms with E-state index in [1.54, 1.807) is 0 Å². The van der Waals surface area contributed by atoms with Gasteiger partial charge in [0.25, 0.3) is 46.9 Å². The monoisotopic (exact) mass is 1660 g/mol. The van der Waals surface area contributed by atoms with Crippen molar-refractivity contribution in [1.82, 2.24) is 60.3 Å². The fraction of sp³-hybridized carbons (Fsp3) is 0.667. The number of aliphatic hydroxyl groups excluding tert-OH is 4. The molecule has 46 nitrogen and oxygen atoms in total. The molecule has 0 aliphatic carbocycles. The Morgan fingerprint density at radius 2 is 0.873 bits per heavy atom. The first-order valence-electron chi connectivity index (χ1n) is 27.3. The van der Waals surface area contributed by atoms with Gasteiger partial charge < -0.3 is 129 Å². The van der Waals surface area contributed by atoms with E-state index >= 15 is 0 Å². The molecule has 16 unspecified atom stereocenters. The molecule has 6 heterocycles. The Kier molecular flexibility index (Phi) is 45.8. The van der Waals surface area contributed by atoms with Gasteiger partial charge in [0.1, 0.15) is 72.5 Å². The first kappa shape index (κ1) is 104. The normalized spacial score (nSPS) is 23.1. The van der Waals surface area contributed by atoms with Crippen LogP contribution in [0.3, 0.4) is 0 Å². The minimum absolute atomic E-state index is 0. The van der Waals surface area contributed by atoms with Crippen LogP contribution in [0, 0.1) is 10.8 Å². The van der Waals surface area contributed by atoms with Crippen LogP contribution in [0.25, 0.3) is 22.3 Å². The molecular formula is C42H64N14Na6O32P6S2. The van der Waals surface area contributed by atoms with E-state index in [4.69, 9.17) is 20.9 Å². The molecular weight excluding hydrogens is 1600 g/mol. The van der Waals surface area contributed by atoms with Crippen molar-refractivity contribution in [2.75, 3.05) is 75.6 Å². The summed E-state index contributed by atoms with van der Waals surface area (Å²) in [7, 11) is -32.5. The maximum atomic E-state index is 12.7. The summed E-state index contributed by atoms with van der Waals surface area (Å²) in [6, 6.07) is 0. The van der Waals surface area contributed by atoms with Crippen LogP contribution < -0.4 is 239 Å². The molecule has 2 aliphatic rings. The summed E-state index contributed by atoms with van der Waals surface area (Å²) in [6.45, 7) is -0.393. The zero-order chi connectivity index (χ0) is 71.6. The number of aromatic nitrogens is 8. The van der Waals surface area contributed by atoms with Gasteiger partial charge in [-0.2, -0.15) is 0 Å². The van der Waals surface area contributed by atoms with Gasteiger partial charge in [-0.3, -0.25) is 55.7 Å². The molecule has 102 heavy (non-hydrogen) atoms. The van der Waals surface area contributed by atoms with E-state index < -0.39 is 169 Å². The predicted octanol–water partition coefficient (Wildman–Crippen LogP) is -24.6. The minimum Gasteiger partial charge on any atom is -0.756 e. The van der Waals surface area contributed by atoms with Crippen LogP contribution in [-0.4, -0.2) is 206 Å². The quantitative estimate of drug-likeness (QED) is 0.00854. The third-order valence-corrected chi connectivity index (χ3v) is 21.7.